The summed E-state index contributed by atoms with van der Waals surface area (Å²) in [7, 11) is 1.36. The second-order valence-electron chi connectivity index (χ2n) is 5.97. The lowest BCUT2D eigenvalue weighted by molar-refractivity contribution is -0.153. The molecule has 0 atom stereocenters. The summed E-state index contributed by atoms with van der Waals surface area (Å²) in [6.45, 7) is 4.75. The van der Waals surface area contributed by atoms with Crippen molar-refractivity contribution in [2.45, 2.75) is 39.0 Å². The largest absolute Gasteiger partial charge is 0.493 e. The normalized spacial score (nSPS) is 12.4. The van der Waals surface area contributed by atoms with E-state index in [4.69, 9.17) is 15.2 Å². The zero-order chi connectivity index (χ0) is 17.7. The summed E-state index contributed by atoms with van der Waals surface area (Å²) in [6, 6.07) is 4.60. The molecule has 0 heterocycles. The van der Waals surface area contributed by atoms with Crippen molar-refractivity contribution in [2.24, 2.45) is 10.7 Å². The first kappa shape index (κ1) is 22.6. The van der Waals surface area contributed by atoms with E-state index in [1.165, 1.54) is 13.2 Å². The number of methoxy groups -OCH3 is 1. The summed E-state index contributed by atoms with van der Waals surface area (Å²) >= 11 is 0. The SMILES string of the molecule is COc1cc(CN=C(N)NC(C)(C)C)ccc1OCC(F)(F)F.I. The maximum atomic E-state index is 12.2. The topological polar surface area (TPSA) is 68.9 Å². The Morgan fingerprint density at radius 1 is 1.21 bits per heavy atom. The van der Waals surface area contributed by atoms with Crippen LogP contribution in [0.3, 0.4) is 0 Å². The number of nitrogens with two attached hydrogens (primary N) is 1. The number of hydrogen-bond donors (Lipinski definition) is 2. The summed E-state index contributed by atoms with van der Waals surface area (Å²) in [4.78, 5) is 4.18. The van der Waals surface area contributed by atoms with Gasteiger partial charge in [-0.05, 0) is 38.5 Å². The Balaban J connectivity index is 0.00000529. The molecular formula is C15H23F3IN3O2. The van der Waals surface area contributed by atoms with Gasteiger partial charge in [0.2, 0.25) is 0 Å². The van der Waals surface area contributed by atoms with Gasteiger partial charge in [-0.25, -0.2) is 4.99 Å². The summed E-state index contributed by atoms with van der Waals surface area (Å²) in [5.41, 5.74) is 6.29. The molecule has 0 aliphatic carbocycles. The average molecular weight is 461 g/mol. The molecule has 0 amide bonds. The molecule has 0 fully saturated rings. The highest BCUT2D eigenvalue weighted by Crippen LogP contribution is 2.30. The Morgan fingerprint density at radius 2 is 1.83 bits per heavy atom. The molecule has 0 aliphatic heterocycles. The van der Waals surface area contributed by atoms with E-state index in [-0.39, 0.29) is 53.5 Å². The molecule has 1 aromatic carbocycles. The van der Waals surface area contributed by atoms with Crippen LogP contribution in [0.4, 0.5) is 13.2 Å². The molecule has 24 heavy (non-hydrogen) atoms. The molecule has 0 unspecified atom stereocenters. The van der Waals surface area contributed by atoms with Gasteiger partial charge < -0.3 is 20.5 Å². The van der Waals surface area contributed by atoms with Crippen LogP contribution >= 0.6 is 24.0 Å². The van der Waals surface area contributed by atoms with Gasteiger partial charge in [0.25, 0.3) is 0 Å². The molecular weight excluding hydrogens is 438 g/mol. The smallest absolute Gasteiger partial charge is 0.422 e. The van der Waals surface area contributed by atoms with E-state index in [1.54, 1.807) is 12.1 Å². The maximum absolute atomic E-state index is 12.2. The van der Waals surface area contributed by atoms with Gasteiger partial charge >= 0.3 is 6.18 Å². The first-order valence-corrected chi connectivity index (χ1v) is 6.95. The second kappa shape index (κ2) is 9.19. The number of halogens is 4. The van der Waals surface area contributed by atoms with Gasteiger partial charge in [-0.3, -0.25) is 0 Å². The average Bonchev–Trinajstić information content (AvgIpc) is 2.40. The summed E-state index contributed by atoms with van der Waals surface area (Å²) < 4.78 is 46.4. The minimum Gasteiger partial charge on any atom is -0.493 e. The molecule has 0 radical (unpaired) electrons. The minimum atomic E-state index is -4.40. The number of alkyl halides is 3. The molecule has 0 bridgehead atoms. The monoisotopic (exact) mass is 461 g/mol. The molecule has 5 nitrogen and oxygen atoms in total. The Labute approximate surface area is 156 Å². The molecule has 0 aliphatic rings. The van der Waals surface area contributed by atoms with Crippen LogP contribution in [0, 0.1) is 0 Å². The second-order valence-corrected chi connectivity index (χ2v) is 5.97. The highest BCUT2D eigenvalue weighted by molar-refractivity contribution is 14.0. The molecule has 0 saturated heterocycles. The van der Waals surface area contributed by atoms with Crippen molar-refractivity contribution in [1.82, 2.24) is 5.32 Å². The number of nitrogens with zero attached hydrogens (tertiary/aromatic N) is 1. The number of aliphatic imine (C=N–C) groups is 1. The highest BCUT2D eigenvalue weighted by atomic mass is 127. The van der Waals surface area contributed by atoms with Gasteiger partial charge in [0.1, 0.15) is 0 Å². The molecule has 1 aromatic rings. The van der Waals surface area contributed by atoms with E-state index in [2.05, 4.69) is 10.3 Å². The summed E-state index contributed by atoms with van der Waals surface area (Å²) in [5.74, 6) is 0.525. The number of benzene rings is 1. The van der Waals surface area contributed by atoms with Crippen molar-refractivity contribution in [3.8, 4) is 11.5 Å². The van der Waals surface area contributed by atoms with E-state index >= 15 is 0 Å². The van der Waals surface area contributed by atoms with Crippen molar-refractivity contribution in [3.05, 3.63) is 23.8 Å². The lowest BCUT2D eigenvalue weighted by Crippen LogP contribution is -2.44. The number of rotatable bonds is 5. The van der Waals surface area contributed by atoms with Crippen molar-refractivity contribution in [2.75, 3.05) is 13.7 Å². The standard InChI is InChI=1S/C15H22F3N3O2.HI/c1-14(2,3)21-13(19)20-8-10-5-6-11(12(7-10)22-4)23-9-15(16,17)18;/h5-7H,8-9H2,1-4H3,(H3,19,20,21);1H. The van der Waals surface area contributed by atoms with Crippen LogP contribution in [0.1, 0.15) is 26.3 Å². The minimum absolute atomic E-state index is 0. The zero-order valence-corrected chi connectivity index (χ0v) is 16.4. The summed E-state index contributed by atoms with van der Waals surface area (Å²) in [6.07, 6.45) is -4.40. The number of ether oxygens (including phenoxy) is 2. The van der Waals surface area contributed by atoms with Crippen LogP contribution in [0.5, 0.6) is 11.5 Å². The van der Waals surface area contributed by atoms with E-state index in [0.717, 1.165) is 5.56 Å². The third-order valence-electron chi connectivity index (χ3n) is 2.55. The van der Waals surface area contributed by atoms with Crippen LogP contribution in [0.25, 0.3) is 0 Å². The van der Waals surface area contributed by atoms with Crippen LogP contribution in [-0.2, 0) is 6.54 Å². The third-order valence-corrected chi connectivity index (χ3v) is 2.55. The van der Waals surface area contributed by atoms with Gasteiger partial charge in [-0.2, -0.15) is 13.2 Å². The maximum Gasteiger partial charge on any atom is 0.422 e. The Morgan fingerprint density at radius 3 is 2.33 bits per heavy atom. The Bertz CT molecular complexity index is 558. The van der Waals surface area contributed by atoms with E-state index in [9.17, 15) is 13.2 Å². The van der Waals surface area contributed by atoms with E-state index in [1.807, 2.05) is 20.8 Å². The number of nitrogens with one attached hydrogen (secondary N) is 1. The molecule has 9 heteroatoms. The van der Waals surface area contributed by atoms with Crippen molar-refractivity contribution < 1.29 is 22.6 Å². The first-order chi connectivity index (χ1) is 10.5. The van der Waals surface area contributed by atoms with E-state index in [0.29, 0.717) is 0 Å². The fourth-order valence-electron chi connectivity index (χ4n) is 1.69. The van der Waals surface area contributed by atoms with Gasteiger partial charge in [-0.1, -0.05) is 6.07 Å². The molecule has 138 valence electrons. The fraction of sp³-hybridized carbons (Fsp3) is 0.533. The van der Waals surface area contributed by atoms with Gasteiger partial charge in [0.05, 0.1) is 13.7 Å². The van der Waals surface area contributed by atoms with Gasteiger partial charge in [0, 0.05) is 5.54 Å². The Kier molecular flexibility index (Phi) is 8.65. The molecule has 0 aromatic heterocycles. The predicted molar refractivity (Wildman–Crippen MR) is 98.2 cm³/mol. The van der Waals surface area contributed by atoms with Crippen molar-refractivity contribution in [3.63, 3.8) is 0 Å². The van der Waals surface area contributed by atoms with Crippen LogP contribution < -0.4 is 20.5 Å². The van der Waals surface area contributed by atoms with E-state index < -0.39 is 12.8 Å². The van der Waals surface area contributed by atoms with Crippen LogP contribution in [0.15, 0.2) is 23.2 Å². The molecule has 0 spiro atoms. The first-order valence-electron chi connectivity index (χ1n) is 6.95. The quantitative estimate of drug-likeness (QED) is 0.401. The Hall–Kier alpha value is -1.39. The number of hydrogen-bond acceptors (Lipinski definition) is 3. The predicted octanol–water partition coefficient (Wildman–Crippen LogP) is 3.46. The van der Waals surface area contributed by atoms with Gasteiger partial charge in [-0.15, -0.1) is 24.0 Å². The molecule has 0 saturated carbocycles. The van der Waals surface area contributed by atoms with Crippen LogP contribution in [0.2, 0.25) is 0 Å². The summed E-state index contributed by atoms with van der Waals surface area (Å²) in [5, 5.41) is 3.01. The lowest BCUT2D eigenvalue weighted by atomic mass is 10.1. The van der Waals surface area contributed by atoms with Crippen molar-refractivity contribution in [1.29, 1.82) is 0 Å². The number of guanidine groups is 1. The fourth-order valence-corrected chi connectivity index (χ4v) is 1.69. The van der Waals surface area contributed by atoms with Crippen molar-refractivity contribution >= 4 is 29.9 Å². The van der Waals surface area contributed by atoms with Crippen LogP contribution in [-0.4, -0.2) is 31.4 Å². The molecule has 1 rings (SSSR count). The highest BCUT2D eigenvalue weighted by Gasteiger charge is 2.29. The molecule has 3 N–H and O–H groups in total. The zero-order valence-electron chi connectivity index (χ0n) is 14.0. The third kappa shape index (κ3) is 9.04. The van der Waals surface area contributed by atoms with Gasteiger partial charge in [0.15, 0.2) is 24.1 Å². The lowest BCUT2D eigenvalue weighted by Gasteiger charge is -2.21.